The molecule has 14 heavy (non-hydrogen) atoms. The van der Waals surface area contributed by atoms with Gasteiger partial charge in [0.05, 0.1) is 0 Å². The molecule has 0 amide bonds. The van der Waals surface area contributed by atoms with E-state index in [9.17, 15) is 0 Å². The highest BCUT2D eigenvalue weighted by atomic mass is 35.5. The lowest BCUT2D eigenvalue weighted by Crippen LogP contribution is -1.73. The van der Waals surface area contributed by atoms with Crippen molar-refractivity contribution in [2.75, 3.05) is 5.88 Å². The average Bonchev–Trinajstić information content (AvgIpc) is 2.19. The minimum Gasteiger partial charge on any atom is -0.126 e. The molecule has 0 atom stereocenters. The van der Waals surface area contributed by atoms with Gasteiger partial charge in [-0.05, 0) is 17.7 Å². The summed E-state index contributed by atoms with van der Waals surface area (Å²) >= 11 is 5.48. The topological polar surface area (TPSA) is 48.8 Å². The van der Waals surface area contributed by atoms with Gasteiger partial charge < -0.3 is 0 Å². The first-order chi connectivity index (χ1) is 6.86. The number of rotatable bonds is 2. The van der Waals surface area contributed by atoms with Gasteiger partial charge in [0.2, 0.25) is 0 Å². The van der Waals surface area contributed by atoms with Gasteiger partial charge in [0.15, 0.2) is 0 Å². The van der Waals surface area contributed by atoms with Crippen molar-refractivity contribution >= 4 is 17.3 Å². The molecular weight excluding hydrogens is 198 g/mol. The van der Waals surface area contributed by atoms with E-state index in [0.29, 0.717) is 18.0 Å². The van der Waals surface area contributed by atoms with Crippen LogP contribution in [0.2, 0.25) is 0 Å². The highest BCUT2D eigenvalue weighted by molar-refractivity contribution is 6.18. The standard InChI is InChI=1S/C10H8ClN3/c11-7-2-1-4-9-5-3-6-10(8-9)13-14-12/h3,5-6,8H,2,7H2. The van der Waals surface area contributed by atoms with Crippen LogP contribution < -0.4 is 0 Å². The fourth-order valence-electron chi connectivity index (χ4n) is 0.909. The lowest BCUT2D eigenvalue weighted by molar-refractivity contribution is 1.29. The molecule has 1 aromatic carbocycles. The molecule has 0 aromatic heterocycles. The summed E-state index contributed by atoms with van der Waals surface area (Å²) in [5.74, 6) is 6.36. The minimum atomic E-state index is 0.531. The Morgan fingerprint density at radius 1 is 1.50 bits per heavy atom. The van der Waals surface area contributed by atoms with Crippen molar-refractivity contribution in [1.82, 2.24) is 0 Å². The average molecular weight is 206 g/mol. The molecule has 0 bridgehead atoms. The Morgan fingerprint density at radius 2 is 2.36 bits per heavy atom. The van der Waals surface area contributed by atoms with Crippen molar-refractivity contribution in [2.45, 2.75) is 6.42 Å². The zero-order valence-corrected chi connectivity index (χ0v) is 8.20. The molecule has 0 radical (unpaired) electrons. The largest absolute Gasteiger partial charge is 0.126 e. The lowest BCUT2D eigenvalue weighted by atomic mass is 10.2. The van der Waals surface area contributed by atoms with Gasteiger partial charge in [0.25, 0.3) is 0 Å². The molecule has 1 aromatic rings. The number of alkyl halides is 1. The third-order valence-electron chi connectivity index (χ3n) is 1.46. The van der Waals surface area contributed by atoms with Crippen LogP contribution in [0.3, 0.4) is 0 Å². The monoisotopic (exact) mass is 205 g/mol. The minimum absolute atomic E-state index is 0.531. The summed E-state index contributed by atoms with van der Waals surface area (Å²) in [6.07, 6.45) is 0.660. The molecule has 0 spiro atoms. The van der Waals surface area contributed by atoms with Gasteiger partial charge >= 0.3 is 0 Å². The molecule has 0 aliphatic rings. The fourth-order valence-corrected chi connectivity index (χ4v) is 1.00. The van der Waals surface area contributed by atoms with Crippen LogP contribution in [0.5, 0.6) is 0 Å². The van der Waals surface area contributed by atoms with Crippen LogP contribution in [0.1, 0.15) is 12.0 Å². The van der Waals surface area contributed by atoms with Crippen molar-refractivity contribution in [3.8, 4) is 11.8 Å². The van der Waals surface area contributed by atoms with Crippen molar-refractivity contribution < 1.29 is 0 Å². The van der Waals surface area contributed by atoms with Crippen molar-refractivity contribution in [2.24, 2.45) is 5.11 Å². The third-order valence-corrected chi connectivity index (χ3v) is 1.65. The second-order valence-electron chi connectivity index (χ2n) is 2.48. The summed E-state index contributed by atoms with van der Waals surface area (Å²) in [6, 6.07) is 7.12. The van der Waals surface area contributed by atoms with Gasteiger partial charge in [-0.15, -0.1) is 11.6 Å². The summed E-state index contributed by atoms with van der Waals surface area (Å²) in [7, 11) is 0. The predicted octanol–water partition coefficient (Wildman–Crippen LogP) is 3.61. The highest BCUT2D eigenvalue weighted by Gasteiger charge is 1.89. The smallest absolute Gasteiger partial charge is 0.0387 e. The third kappa shape index (κ3) is 3.40. The summed E-state index contributed by atoms with van der Waals surface area (Å²) in [5, 5.41) is 3.48. The maximum absolute atomic E-state index is 8.23. The predicted molar refractivity (Wildman–Crippen MR) is 57.5 cm³/mol. The van der Waals surface area contributed by atoms with E-state index in [1.54, 1.807) is 18.2 Å². The Hall–Kier alpha value is -1.62. The zero-order valence-electron chi connectivity index (χ0n) is 7.44. The van der Waals surface area contributed by atoms with Gasteiger partial charge in [-0.1, -0.05) is 29.1 Å². The quantitative estimate of drug-likeness (QED) is 0.233. The number of hydrogen-bond acceptors (Lipinski definition) is 1. The molecule has 4 heteroatoms. The molecule has 0 aliphatic carbocycles. The van der Waals surface area contributed by atoms with Gasteiger partial charge in [0, 0.05) is 28.5 Å². The van der Waals surface area contributed by atoms with Crippen LogP contribution in [0, 0.1) is 11.8 Å². The fraction of sp³-hybridized carbons (Fsp3) is 0.200. The Bertz CT molecular complexity index is 411. The number of benzene rings is 1. The maximum atomic E-state index is 8.23. The SMILES string of the molecule is [N-]=[N+]=Nc1cccc(C#CCCCl)c1. The number of halogens is 1. The second-order valence-corrected chi connectivity index (χ2v) is 2.86. The first-order valence-corrected chi connectivity index (χ1v) is 4.60. The van der Waals surface area contributed by atoms with Crippen LogP contribution in [-0.2, 0) is 0 Å². The number of azide groups is 1. The van der Waals surface area contributed by atoms with Crippen molar-refractivity contribution in [1.29, 1.82) is 0 Å². The lowest BCUT2D eigenvalue weighted by Gasteiger charge is -1.91. The highest BCUT2D eigenvalue weighted by Crippen LogP contribution is 2.13. The van der Waals surface area contributed by atoms with Crippen LogP contribution in [0.4, 0.5) is 5.69 Å². The van der Waals surface area contributed by atoms with Gasteiger partial charge in [0.1, 0.15) is 0 Å². The van der Waals surface area contributed by atoms with Crippen LogP contribution in [0.15, 0.2) is 29.4 Å². The molecule has 0 N–H and O–H groups in total. The molecule has 0 saturated heterocycles. The van der Waals surface area contributed by atoms with Crippen molar-refractivity contribution in [3.63, 3.8) is 0 Å². The molecule has 0 heterocycles. The number of nitrogens with zero attached hydrogens (tertiary/aromatic N) is 3. The Morgan fingerprint density at radius 3 is 3.07 bits per heavy atom. The Labute approximate surface area is 87.3 Å². The molecule has 0 fully saturated rings. The van der Waals surface area contributed by atoms with Crippen LogP contribution in [-0.4, -0.2) is 5.88 Å². The van der Waals surface area contributed by atoms with E-state index < -0.39 is 0 Å². The maximum Gasteiger partial charge on any atom is 0.0387 e. The molecule has 0 aliphatic heterocycles. The first kappa shape index (κ1) is 10.5. The van der Waals surface area contributed by atoms with Crippen molar-refractivity contribution in [3.05, 3.63) is 40.3 Å². The molecule has 70 valence electrons. The molecule has 1 rings (SSSR count). The number of hydrogen-bond donors (Lipinski definition) is 0. The Kier molecular flexibility index (Phi) is 4.43. The van der Waals surface area contributed by atoms with E-state index in [0.717, 1.165) is 5.56 Å². The van der Waals surface area contributed by atoms with E-state index in [4.69, 9.17) is 17.1 Å². The summed E-state index contributed by atoms with van der Waals surface area (Å²) < 4.78 is 0. The molecule has 0 saturated carbocycles. The van der Waals surface area contributed by atoms with Gasteiger partial charge in [-0.2, -0.15) is 0 Å². The van der Waals surface area contributed by atoms with E-state index in [-0.39, 0.29) is 0 Å². The zero-order chi connectivity index (χ0) is 10.2. The van der Waals surface area contributed by atoms with E-state index in [2.05, 4.69) is 21.9 Å². The molecule has 3 nitrogen and oxygen atoms in total. The summed E-state index contributed by atoms with van der Waals surface area (Å²) in [6.45, 7) is 0. The molecule has 0 unspecified atom stereocenters. The van der Waals surface area contributed by atoms with Gasteiger partial charge in [-0.25, -0.2) is 0 Å². The van der Waals surface area contributed by atoms with Crippen LogP contribution >= 0.6 is 11.6 Å². The summed E-state index contributed by atoms with van der Waals surface area (Å²) in [4.78, 5) is 2.70. The first-order valence-electron chi connectivity index (χ1n) is 4.07. The Balaban J connectivity index is 2.84. The van der Waals surface area contributed by atoms with Crippen LogP contribution in [0.25, 0.3) is 10.4 Å². The van der Waals surface area contributed by atoms with E-state index in [1.807, 2.05) is 6.07 Å². The van der Waals surface area contributed by atoms with Gasteiger partial charge in [-0.3, -0.25) is 0 Å². The summed E-state index contributed by atoms with van der Waals surface area (Å²) in [5.41, 5.74) is 9.64. The van der Waals surface area contributed by atoms with E-state index in [1.165, 1.54) is 0 Å². The molecular formula is C10H8ClN3. The van der Waals surface area contributed by atoms with E-state index >= 15 is 0 Å². The normalized spacial score (nSPS) is 8.36. The second kappa shape index (κ2) is 5.93.